The lowest BCUT2D eigenvalue weighted by molar-refractivity contribution is 0.158. The fourth-order valence-electron chi connectivity index (χ4n) is 3.54. The van der Waals surface area contributed by atoms with Gasteiger partial charge in [-0.1, -0.05) is 12.1 Å². The Hall–Kier alpha value is -3.07. The van der Waals surface area contributed by atoms with E-state index in [1.807, 2.05) is 23.1 Å². The van der Waals surface area contributed by atoms with Crippen LogP contribution in [-0.4, -0.2) is 45.9 Å². The monoisotopic (exact) mass is 387 g/mol. The van der Waals surface area contributed by atoms with E-state index in [2.05, 4.69) is 15.5 Å². The molecule has 0 spiro atoms. The summed E-state index contributed by atoms with van der Waals surface area (Å²) in [5.74, 6) is 0.0423. The summed E-state index contributed by atoms with van der Waals surface area (Å²) in [5, 5.41) is 11.7. The van der Waals surface area contributed by atoms with Gasteiger partial charge in [0.15, 0.2) is 17.5 Å². The third-order valence-electron chi connectivity index (χ3n) is 4.91. The summed E-state index contributed by atoms with van der Waals surface area (Å²) in [7, 11) is 3.18. The molecule has 9 heteroatoms. The number of fused-ring (bicyclic) bond motifs is 1. The maximum atomic E-state index is 14.6. The largest absolute Gasteiger partial charge is 0.497 e. The predicted octanol–water partition coefficient (Wildman–Crippen LogP) is 2.57. The van der Waals surface area contributed by atoms with Crippen molar-refractivity contribution in [1.29, 1.82) is 0 Å². The van der Waals surface area contributed by atoms with E-state index in [4.69, 9.17) is 9.47 Å². The van der Waals surface area contributed by atoms with Crippen molar-refractivity contribution in [2.75, 3.05) is 20.8 Å². The maximum absolute atomic E-state index is 14.6. The highest BCUT2D eigenvalue weighted by Gasteiger charge is 2.34. The molecule has 28 heavy (non-hydrogen) atoms. The first-order valence-corrected chi connectivity index (χ1v) is 8.77. The van der Waals surface area contributed by atoms with Gasteiger partial charge >= 0.3 is 0 Å². The SMILES string of the molecule is COc1ccc(OC)c(CN2CCn3nnnc3C2c2cccc(F)c2F)c1. The van der Waals surface area contributed by atoms with Crippen molar-refractivity contribution in [2.24, 2.45) is 0 Å². The van der Waals surface area contributed by atoms with Crippen LogP contribution in [0, 0.1) is 11.6 Å². The second-order valence-electron chi connectivity index (χ2n) is 6.45. The molecule has 3 aromatic rings. The predicted molar refractivity (Wildman–Crippen MR) is 96.0 cm³/mol. The van der Waals surface area contributed by atoms with Crippen LogP contribution in [0.1, 0.15) is 23.0 Å². The van der Waals surface area contributed by atoms with Crippen molar-refractivity contribution in [3.63, 3.8) is 0 Å². The number of halogens is 2. The first kappa shape index (κ1) is 18.3. The second kappa shape index (κ2) is 7.51. The summed E-state index contributed by atoms with van der Waals surface area (Å²) in [5.41, 5.74) is 1.06. The quantitative estimate of drug-likeness (QED) is 0.671. The van der Waals surface area contributed by atoms with E-state index in [0.717, 1.165) is 11.6 Å². The lowest BCUT2D eigenvalue weighted by Gasteiger charge is -2.35. The zero-order chi connectivity index (χ0) is 19.7. The minimum atomic E-state index is -0.902. The molecule has 0 fully saturated rings. The molecular formula is C19H19F2N5O2. The van der Waals surface area contributed by atoms with Crippen LogP contribution in [0.4, 0.5) is 8.78 Å². The van der Waals surface area contributed by atoms with Gasteiger partial charge in [0.05, 0.1) is 20.8 Å². The molecule has 1 aliphatic heterocycles. The Bertz CT molecular complexity index is 994. The Morgan fingerprint density at radius 3 is 2.75 bits per heavy atom. The minimum absolute atomic E-state index is 0.192. The Morgan fingerprint density at radius 2 is 1.96 bits per heavy atom. The molecule has 0 radical (unpaired) electrons. The van der Waals surface area contributed by atoms with Crippen LogP contribution in [0.15, 0.2) is 36.4 Å². The molecule has 2 aromatic carbocycles. The summed E-state index contributed by atoms with van der Waals surface area (Å²) in [4.78, 5) is 2.00. The van der Waals surface area contributed by atoms with Crippen molar-refractivity contribution >= 4 is 0 Å². The number of hydrogen-bond donors (Lipinski definition) is 0. The molecule has 0 bridgehead atoms. The van der Waals surface area contributed by atoms with Crippen molar-refractivity contribution in [1.82, 2.24) is 25.1 Å². The summed E-state index contributed by atoms with van der Waals surface area (Å²) >= 11 is 0. The van der Waals surface area contributed by atoms with Gasteiger partial charge in [-0.05, 0) is 34.7 Å². The maximum Gasteiger partial charge on any atom is 0.173 e. The third kappa shape index (κ3) is 3.18. The average molecular weight is 387 g/mol. The van der Waals surface area contributed by atoms with Crippen molar-refractivity contribution in [3.05, 3.63) is 65.0 Å². The fourth-order valence-corrected chi connectivity index (χ4v) is 3.54. The molecule has 1 aromatic heterocycles. The molecule has 2 heterocycles. The molecule has 0 amide bonds. The molecule has 0 saturated carbocycles. The Morgan fingerprint density at radius 1 is 1.11 bits per heavy atom. The summed E-state index contributed by atoms with van der Waals surface area (Å²) in [6, 6.07) is 9.01. The van der Waals surface area contributed by atoms with Gasteiger partial charge in [-0.2, -0.15) is 0 Å². The van der Waals surface area contributed by atoms with Crippen LogP contribution < -0.4 is 9.47 Å². The van der Waals surface area contributed by atoms with Crippen LogP contribution in [0.5, 0.6) is 11.5 Å². The summed E-state index contributed by atoms with van der Waals surface area (Å²) in [6.45, 7) is 1.52. The molecular weight excluding hydrogens is 368 g/mol. The molecule has 4 rings (SSSR count). The minimum Gasteiger partial charge on any atom is -0.497 e. The standard InChI is InChI=1S/C19H19F2N5O2/c1-27-13-6-7-16(28-2)12(10-13)11-25-8-9-26-19(22-23-24-26)18(25)14-4-3-5-15(20)17(14)21/h3-7,10,18H,8-9,11H2,1-2H3. The Kier molecular flexibility index (Phi) is 4.91. The molecule has 1 aliphatic rings. The van der Waals surface area contributed by atoms with Gasteiger partial charge in [-0.3, -0.25) is 4.90 Å². The van der Waals surface area contributed by atoms with Crippen LogP contribution in [0.2, 0.25) is 0 Å². The van der Waals surface area contributed by atoms with Crippen molar-refractivity contribution in [2.45, 2.75) is 19.1 Å². The lowest BCUT2D eigenvalue weighted by Crippen LogP contribution is -2.39. The Labute approximate surface area is 160 Å². The molecule has 1 unspecified atom stereocenters. The van der Waals surface area contributed by atoms with Crippen LogP contribution >= 0.6 is 0 Å². The van der Waals surface area contributed by atoms with Gasteiger partial charge in [-0.15, -0.1) is 5.10 Å². The van der Waals surface area contributed by atoms with E-state index >= 15 is 0 Å². The van der Waals surface area contributed by atoms with Crippen molar-refractivity contribution < 1.29 is 18.3 Å². The topological polar surface area (TPSA) is 65.3 Å². The van der Waals surface area contributed by atoms with E-state index in [0.29, 0.717) is 37.0 Å². The second-order valence-corrected chi connectivity index (χ2v) is 6.45. The average Bonchev–Trinajstić information content (AvgIpc) is 3.19. The molecule has 0 saturated heterocycles. The zero-order valence-corrected chi connectivity index (χ0v) is 15.5. The smallest absolute Gasteiger partial charge is 0.173 e. The fraction of sp³-hybridized carbons (Fsp3) is 0.316. The van der Waals surface area contributed by atoms with E-state index in [-0.39, 0.29) is 5.56 Å². The van der Waals surface area contributed by atoms with Crippen LogP contribution in [0.25, 0.3) is 0 Å². The highest BCUT2D eigenvalue weighted by molar-refractivity contribution is 5.40. The summed E-state index contributed by atoms with van der Waals surface area (Å²) < 4.78 is 41.0. The van der Waals surface area contributed by atoms with Crippen LogP contribution in [-0.2, 0) is 13.1 Å². The van der Waals surface area contributed by atoms with Crippen molar-refractivity contribution in [3.8, 4) is 11.5 Å². The number of methoxy groups -OCH3 is 2. The molecule has 0 N–H and O–H groups in total. The van der Waals surface area contributed by atoms with Gasteiger partial charge in [0.1, 0.15) is 17.5 Å². The lowest BCUT2D eigenvalue weighted by atomic mass is 10.0. The number of tetrazole rings is 1. The third-order valence-corrected chi connectivity index (χ3v) is 4.91. The highest BCUT2D eigenvalue weighted by Crippen LogP contribution is 2.35. The van der Waals surface area contributed by atoms with E-state index in [1.54, 1.807) is 25.0 Å². The normalized spacial score (nSPS) is 16.6. The first-order chi connectivity index (χ1) is 13.6. The molecule has 7 nitrogen and oxygen atoms in total. The number of nitrogens with zero attached hydrogens (tertiary/aromatic N) is 5. The van der Waals surface area contributed by atoms with E-state index < -0.39 is 17.7 Å². The van der Waals surface area contributed by atoms with Gasteiger partial charge in [0.25, 0.3) is 0 Å². The first-order valence-electron chi connectivity index (χ1n) is 8.77. The van der Waals surface area contributed by atoms with Gasteiger partial charge in [-0.25, -0.2) is 13.5 Å². The van der Waals surface area contributed by atoms with Gasteiger partial charge < -0.3 is 9.47 Å². The van der Waals surface area contributed by atoms with Gasteiger partial charge in [0, 0.05) is 24.2 Å². The molecule has 1 atom stereocenters. The number of rotatable bonds is 5. The van der Waals surface area contributed by atoms with E-state index in [1.165, 1.54) is 6.07 Å². The highest BCUT2D eigenvalue weighted by atomic mass is 19.2. The zero-order valence-electron chi connectivity index (χ0n) is 15.5. The molecule has 0 aliphatic carbocycles. The number of hydrogen-bond acceptors (Lipinski definition) is 6. The summed E-state index contributed by atoms with van der Waals surface area (Å²) in [6.07, 6.45) is 0. The van der Waals surface area contributed by atoms with Gasteiger partial charge in [0.2, 0.25) is 0 Å². The van der Waals surface area contributed by atoms with E-state index in [9.17, 15) is 8.78 Å². The van der Waals surface area contributed by atoms with Crippen LogP contribution in [0.3, 0.4) is 0 Å². The number of benzene rings is 2. The number of aromatic nitrogens is 4. The molecule has 146 valence electrons. The Balaban J connectivity index is 1.77. The number of ether oxygens (including phenoxy) is 2.